The van der Waals surface area contributed by atoms with Crippen molar-refractivity contribution in [2.45, 2.75) is 31.1 Å². The summed E-state index contributed by atoms with van der Waals surface area (Å²) in [6.45, 7) is 0. The van der Waals surface area contributed by atoms with Gasteiger partial charge in [0.1, 0.15) is 23.3 Å². The minimum atomic E-state index is -4.52. The van der Waals surface area contributed by atoms with Gasteiger partial charge in [0.2, 0.25) is 5.91 Å². The summed E-state index contributed by atoms with van der Waals surface area (Å²) >= 11 is 6.24. The number of halogens is 5. The largest absolute Gasteiger partial charge is 0.496 e. The minimum absolute atomic E-state index is 0.348. The van der Waals surface area contributed by atoms with Gasteiger partial charge < -0.3 is 10.1 Å². The Kier molecular flexibility index (Phi) is 8.69. The van der Waals surface area contributed by atoms with E-state index in [9.17, 15) is 22.4 Å². The van der Waals surface area contributed by atoms with Crippen molar-refractivity contribution in [3.8, 4) is 5.75 Å². The number of likely N-dealkylation sites (N-methyl/N-ethyl adjacent to an activating group) is 1. The second-order valence-electron chi connectivity index (χ2n) is 7.79. The van der Waals surface area contributed by atoms with Crippen LogP contribution in [0.1, 0.15) is 40.9 Å². The van der Waals surface area contributed by atoms with E-state index in [0.29, 0.717) is 40.3 Å². The number of aryl methyl sites for hydroxylation is 1. The number of benzene rings is 2. The van der Waals surface area contributed by atoms with Crippen LogP contribution in [0.3, 0.4) is 0 Å². The number of hydrogen-bond donors (Lipinski definition) is 2. The maximum atomic E-state index is 13.5. The lowest BCUT2D eigenvalue weighted by Gasteiger charge is -2.27. The van der Waals surface area contributed by atoms with Gasteiger partial charge in [0.05, 0.1) is 7.11 Å². The van der Waals surface area contributed by atoms with Crippen LogP contribution in [0.15, 0.2) is 60.8 Å². The molecule has 10 heteroatoms. The van der Waals surface area contributed by atoms with E-state index in [1.54, 1.807) is 18.2 Å². The Morgan fingerprint density at radius 2 is 1.83 bits per heavy atom. The van der Waals surface area contributed by atoms with E-state index in [1.165, 1.54) is 50.7 Å². The molecule has 2 N–H and O–H groups in total. The summed E-state index contributed by atoms with van der Waals surface area (Å²) < 4.78 is 57.5. The molecule has 0 saturated heterocycles. The highest BCUT2D eigenvalue weighted by Crippen LogP contribution is 2.33. The van der Waals surface area contributed by atoms with Crippen LogP contribution in [-0.2, 0) is 17.4 Å². The summed E-state index contributed by atoms with van der Waals surface area (Å²) in [5, 5.41) is 6.34. The number of pyridine rings is 1. The van der Waals surface area contributed by atoms with Gasteiger partial charge in [-0.1, -0.05) is 29.8 Å². The molecule has 0 radical (unpaired) electrons. The van der Waals surface area contributed by atoms with E-state index in [-0.39, 0.29) is 5.91 Å². The highest BCUT2D eigenvalue weighted by molar-refractivity contribution is 6.30. The van der Waals surface area contributed by atoms with E-state index in [2.05, 4.69) is 15.6 Å². The summed E-state index contributed by atoms with van der Waals surface area (Å²) in [6.07, 6.45) is -2.61. The predicted molar refractivity (Wildman–Crippen MR) is 125 cm³/mol. The fraction of sp³-hybridized carbons (Fsp3) is 0.280. The number of alkyl halides is 3. The van der Waals surface area contributed by atoms with Crippen LogP contribution in [0.2, 0.25) is 5.02 Å². The van der Waals surface area contributed by atoms with Gasteiger partial charge in [-0.3, -0.25) is 15.1 Å². The van der Waals surface area contributed by atoms with Crippen molar-refractivity contribution in [1.29, 1.82) is 0 Å². The Bertz CT molecular complexity index is 1140. The Hall–Kier alpha value is -3.17. The summed E-state index contributed by atoms with van der Waals surface area (Å²) in [7, 11) is 2.99. The molecule has 2 atom stereocenters. The van der Waals surface area contributed by atoms with Crippen molar-refractivity contribution in [1.82, 2.24) is 15.6 Å². The molecule has 0 spiro atoms. The van der Waals surface area contributed by atoms with Crippen LogP contribution in [0, 0.1) is 5.82 Å². The third kappa shape index (κ3) is 6.93. The van der Waals surface area contributed by atoms with Gasteiger partial charge in [-0.25, -0.2) is 4.39 Å². The number of carbonyl (C=O) groups is 1. The van der Waals surface area contributed by atoms with E-state index in [0.717, 1.165) is 6.07 Å². The molecule has 2 aromatic carbocycles. The third-order valence-corrected chi connectivity index (χ3v) is 5.72. The first-order valence-corrected chi connectivity index (χ1v) is 11.1. The zero-order chi connectivity index (χ0) is 25.6. The number of methoxy groups -OCH3 is 1. The Morgan fingerprint density at radius 1 is 1.11 bits per heavy atom. The zero-order valence-corrected chi connectivity index (χ0v) is 19.8. The number of rotatable bonds is 9. The van der Waals surface area contributed by atoms with E-state index in [4.69, 9.17) is 16.3 Å². The molecule has 1 heterocycles. The summed E-state index contributed by atoms with van der Waals surface area (Å²) in [5.41, 5.74) is 0.816. The molecule has 3 rings (SSSR count). The molecule has 186 valence electrons. The molecule has 0 fully saturated rings. The predicted octanol–water partition coefficient (Wildman–Crippen LogP) is 5.65. The van der Waals surface area contributed by atoms with Crippen LogP contribution in [0.25, 0.3) is 0 Å². The standard InChI is InChI=1S/C25H24ClF4N3O2/c1-31-24(34)23(16-5-8-18(27)9-6-16)33-20(19-13-17(26)7-11-21(19)35-2)10-3-15-4-12-22(32-14-15)25(28,29)30/h4-9,11-14,20,23,33H,3,10H2,1-2H3,(H,31,34). The topological polar surface area (TPSA) is 63.2 Å². The Morgan fingerprint density at radius 3 is 2.40 bits per heavy atom. The van der Waals surface area contributed by atoms with Gasteiger partial charge in [-0.2, -0.15) is 13.2 Å². The van der Waals surface area contributed by atoms with Gasteiger partial charge in [0, 0.05) is 29.9 Å². The van der Waals surface area contributed by atoms with Crippen molar-refractivity contribution in [2.24, 2.45) is 0 Å². The molecule has 3 aromatic rings. The monoisotopic (exact) mass is 509 g/mol. The fourth-order valence-electron chi connectivity index (χ4n) is 3.68. The van der Waals surface area contributed by atoms with Crippen LogP contribution in [-0.4, -0.2) is 25.0 Å². The number of aromatic nitrogens is 1. The lowest BCUT2D eigenvalue weighted by atomic mass is 9.96. The average Bonchev–Trinajstić information content (AvgIpc) is 2.84. The van der Waals surface area contributed by atoms with Crippen molar-refractivity contribution in [2.75, 3.05) is 14.2 Å². The number of hydrogen-bond acceptors (Lipinski definition) is 4. The van der Waals surface area contributed by atoms with Crippen LogP contribution >= 0.6 is 11.6 Å². The molecule has 0 aliphatic heterocycles. The number of nitrogens with one attached hydrogen (secondary N) is 2. The smallest absolute Gasteiger partial charge is 0.433 e. The van der Waals surface area contributed by atoms with Gasteiger partial charge in [0.15, 0.2) is 0 Å². The highest BCUT2D eigenvalue weighted by Gasteiger charge is 2.32. The number of carbonyl (C=O) groups excluding carboxylic acids is 1. The summed E-state index contributed by atoms with van der Waals surface area (Å²) in [6, 6.07) is 11.6. The third-order valence-electron chi connectivity index (χ3n) is 5.48. The molecular formula is C25H24ClF4N3O2. The van der Waals surface area contributed by atoms with E-state index < -0.39 is 29.8 Å². The van der Waals surface area contributed by atoms with Crippen LogP contribution in [0.5, 0.6) is 5.75 Å². The molecule has 0 aliphatic carbocycles. The first kappa shape index (κ1) is 26.4. The van der Waals surface area contributed by atoms with E-state index >= 15 is 0 Å². The lowest BCUT2D eigenvalue weighted by molar-refractivity contribution is -0.141. The van der Waals surface area contributed by atoms with Gasteiger partial charge in [-0.05, 0) is 60.4 Å². The van der Waals surface area contributed by atoms with Crippen molar-refractivity contribution in [3.63, 3.8) is 0 Å². The second-order valence-corrected chi connectivity index (χ2v) is 8.23. The van der Waals surface area contributed by atoms with Gasteiger partial charge in [-0.15, -0.1) is 0 Å². The van der Waals surface area contributed by atoms with Crippen molar-refractivity contribution < 1.29 is 27.1 Å². The second kappa shape index (κ2) is 11.5. The van der Waals surface area contributed by atoms with Crippen LogP contribution < -0.4 is 15.4 Å². The Balaban J connectivity index is 1.94. The summed E-state index contributed by atoms with van der Waals surface area (Å²) in [4.78, 5) is 16.3. The first-order valence-electron chi connectivity index (χ1n) is 10.7. The molecule has 0 saturated carbocycles. The maximum Gasteiger partial charge on any atom is 0.433 e. The fourth-order valence-corrected chi connectivity index (χ4v) is 3.86. The summed E-state index contributed by atoms with van der Waals surface area (Å²) in [5.74, 6) is -0.265. The number of amides is 1. The molecular weight excluding hydrogens is 486 g/mol. The molecule has 0 bridgehead atoms. The number of nitrogens with zero attached hydrogens (tertiary/aromatic N) is 1. The van der Waals surface area contributed by atoms with Crippen LogP contribution in [0.4, 0.5) is 17.6 Å². The molecule has 0 aliphatic rings. The number of ether oxygens (including phenoxy) is 1. The quantitative estimate of drug-likeness (QED) is 0.366. The molecule has 1 aromatic heterocycles. The normalized spacial score (nSPS) is 13.2. The average molecular weight is 510 g/mol. The van der Waals surface area contributed by atoms with Gasteiger partial charge >= 0.3 is 6.18 Å². The lowest BCUT2D eigenvalue weighted by Crippen LogP contribution is -2.38. The molecule has 1 amide bonds. The molecule has 5 nitrogen and oxygen atoms in total. The maximum absolute atomic E-state index is 13.5. The first-order chi connectivity index (χ1) is 16.6. The Labute approximate surface area is 205 Å². The van der Waals surface area contributed by atoms with Crippen molar-refractivity contribution >= 4 is 17.5 Å². The van der Waals surface area contributed by atoms with Crippen molar-refractivity contribution in [3.05, 3.63) is 94.0 Å². The molecule has 2 unspecified atom stereocenters. The van der Waals surface area contributed by atoms with E-state index in [1.807, 2.05) is 0 Å². The van der Waals surface area contributed by atoms with Gasteiger partial charge in [0.25, 0.3) is 0 Å². The zero-order valence-electron chi connectivity index (χ0n) is 19.0. The minimum Gasteiger partial charge on any atom is -0.496 e. The molecule has 35 heavy (non-hydrogen) atoms. The highest BCUT2D eigenvalue weighted by atomic mass is 35.5. The SMILES string of the molecule is CNC(=O)C(NC(CCc1ccc(C(F)(F)F)nc1)c1cc(Cl)ccc1OC)c1ccc(F)cc1.